The summed E-state index contributed by atoms with van der Waals surface area (Å²) in [7, 11) is 0. The molecule has 0 spiro atoms. The molecular formula is C7H16S. The standard InChI is InChI=1S/C7H16S/c1-6(2)7(3)5-8-4/h6-7H,5H2,1-4H3/t7-/m0/s1. The molecule has 8 heavy (non-hydrogen) atoms. The van der Waals surface area contributed by atoms with Gasteiger partial charge in [0.1, 0.15) is 0 Å². The second-order valence-corrected chi connectivity index (χ2v) is 3.59. The molecule has 0 aromatic rings. The highest BCUT2D eigenvalue weighted by Crippen LogP contribution is 2.13. The summed E-state index contributed by atoms with van der Waals surface area (Å²) < 4.78 is 0. The minimum Gasteiger partial charge on any atom is -0.165 e. The Morgan fingerprint density at radius 2 is 1.75 bits per heavy atom. The van der Waals surface area contributed by atoms with Gasteiger partial charge in [0.05, 0.1) is 0 Å². The van der Waals surface area contributed by atoms with Crippen LogP contribution in [0.1, 0.15) is 20.8 Å². The first-order valence-electron chi connectivity index (χ1n) is 3.17. The molecule has 1 atom stereocenters. The average molecular weight is 132 g/mol. The molecular weight excluding hydrogens is 116 g/mol. The van der Waals surface area contributed by atoms with E-state index < -0.39 is 0 Å². The molecule has 1 heteroatoms. The first-order chi connectivity index (χ1) is 3.68. The highest BCUT2D eigenvalue weighted by Gasteiger charge is 2.03. The van der Waals surface area contributed by atoms with Gasteiger partial charge in [-0.25, -0.2) is 0 Å². The van der Waals surface area contributed by atoms with Crippen molar-refractivity contribution < 1.29 is 0 Å². The summed E-state index contributed by atoms with van der Waals surface area (Å²) >= 11 is 1.94. The molecule has 0 N–H and O–H groups in total. The number of rotatable bonds is 3. The van der Waals surface area contributed by atoms with Crippen LogP contribution in [0, 0.1) is 11.8 Å². The lowest BCUT2D eigenvalue weighted by molar-refractivity contribution is 0.465. The summed E-state index contributed by atoms with van der Waals surface area (Å²) in [5, 5.41) is 0. The van der Waals surface area contributed by atoms with Crippen LogP contribution >= 0.6 is 11.8 Å². The van der Waals surface area contributed by atoms with E-state index in [9.17, 15) is 0 Å². The SMILES string of the molecule is CSC[C@H](C)C(C)C. The molecule has 50 valence electrons. The zero-order valence-electron chi connectivity index (χ0n) is 6.27. The maximum absolute atomic E-state index is 2.31. The molecule has 0 aliphatic carbocycles. The van der Waals surface area contributed by atoms with E-state index in [1.54, 1.807) is 0 Å². The first-order valence-corrected chi connectivity index (χ1v) is 4.56. The second-order valence-electron chi connectivity index (χ2n) is 2.68. The highest BCUT2D eigenvalue weighted by molar-refractivity contribution is 7.98. The van der Waals surface area contributed by atoms with Crippen LogP contribution in [0.15, 0.2) is 0 Å². The van der Waals surface area contributed by atoms with Crippen molar-refractivity contribution in [3.8, 4) is 0 Å². The fourth-order valence-electron chi connectivity index (χ4n) is 0.455. The number of hydrogen-bond acceptors (Lipinski definition) is 1. The van der Waals surface area contributed by atoms with Gasteiger partial charge in [0.25, 0.3) is 0 Å². The van der Waals surface area contributed by atoms with Gasteiger partial charge < -0.3 is 0 Å². The maximum Gasteiger partial charge on any atom is -0.00421 e. The number of hydrogen-bond donors (Lipinski definition) is 0. The van der Waals surface area contributed by atoms with E-state index in [-0.39, 0.29) is 0 Å². The molecule has 0 heterocycles. The Hall–Kier alpha value is 0.350. The lowest BCUT2D eigenvalue weighted by Gasteiger charge is -2.12. The van der Waals surface area contributed by atoms with E-state index in [2.05, 4.69) is 27.0 Å². The quantitative estimate of drug-likeness (QED) is 0.569. The van der Waals surface area contributed by atoms with Crippen LogP contribution in [-0.4, -0.2) is 12.0 Å². The normalized spacial score (nSPS) is 14.6. The van der Waals surface area contributed by atoms with E-state index in [1.807, 2.05) is 11.8 Å². The zero-order chi connectivity index (χ0) is 6.57. The van der Waals surface area contributed by atoms with E-state index in [1.165, 1.54) is 5.75 Å². The zero-order valence-corrected chi connectivity index (χ0v) is 7.09. The van der Waals surface area contributed by atoms with E-state index in [4.69, 9.17) is 0 Å². The smallest absolute Gasteiger partial charge is 0.00421 e. The molecule has 0 saturated heterocycles. The predicted octanol–water partition coefficient (Wildman–Crippen LogP) is 2.64. The van der Waals surface area contributed by atoms with Crippen LogP contribution in [0.3, 0.4) is 0 Å². The Morgan fingerprint density at radius 1 is 1.25 bits per heavy atom. The van der Waals surface area contributed by atoms with Gasteiger partial charge in [0.2, 0.25) is 0 Å². The predicted molar refractivity (Wildman–Crippen MR) is 42.4 cm³/mol. The van der Waals surface area contributed by atoms with Crippen LogP contribution in [0.4, 0.5) is 0 Å². The Bertz CT molecular complexity index is 50.3. The summed E-state index contributed by atoms with van der Waals surface area (Å²) in [5.74, 6) is 3.03. The van der Waals surface area contributed by atoms with Crippen LogP contribution in [0.5, 0.6) is 0 Å². The highest BCUT2D eigenvalue weighted by atomic mass is 32.2. The third-order valence-electron chi connectivity index (χ3n) is 1.57. The van der Waals surface area contributed by atoms with Crippen LogP contribution < -0.4 is 0 Å². The molecule has 0 aliphatic heterocycles. The third-order valence-corrected chi connectivity index (χ3v) is 2.43. The molecule has 0 aromatic carbocycles. The molecule has 0 nitrogen and oxygen atoms in total. The van der Waals surface area contributed by atoms with E-state index in [0.29, 0.717) is 0 Å². The third kappa shape index (κ3) is 3.36. The Kier molecular flexibility index (Phi) is 4.44. The van der Waals surface area contributed by atoms with Crippen molar-refractivity contribution in [1.29, 1.82) is 0 Å². The molecule has 0 unspecified atom stereocenters. The second kappa shape index (κ2) is 4.25. The van der Waals surface area contributed by atoms with Gasteiger partial charge in [0.15, 0.2) is 0 Å². The van der Waals surface area contributed by atoms with Gasteiger partial charge in [-0.05, 0) is 23.8 Å². The molecule has 0 fully saturated rings. The maximum atomic E-state index is 2.31. The molecule has 0 saturated carbocycles. The van der Waals surface area contributed by atoms with Crippen LogP contribution in [-0.2, 0) is 0 Å². The van der Waals surface area contributed by atoms with Crippen molar-refractivity contribution in [1.82, 2.24) is 0 Å². The molecule has 0 radical (unpaired) electrons. The van der Waals surface area contributed by atoms with Crippen molar-refractivity contribution in [2.75, 3.05) is 12.0 Å². The summed E-state index contributed by atoms with van der Waals surface area (Å²) in [4.78, 5) is 0. The van der Waals surface area contributed by atoms with E-state index in [0.717, 1.165) is 11.8 Å². The number of thioether (sulfide) groups is 1. The Morgan fingerprint density at radius 3 is 1.88 bits per heavy atom. The molecule has 0 bridgehead atoms. The monoisotopic (exact) mass is 132 g/mol. The van der Waals surface area contributed by atoms with Crippen molar-refractivity contribution in [3.05, 3.63) is 0 Å². The van der Waals surface area contributed by atoms with Crippen molar-refractivity contribution in [2.45, 2.75) is 20.8 Å². The lowest BCUT2D eigenvalue weighted by Crippen LogP contribution is -2.05. The largest absolute Gasteiger partial charge is 0.165 e. The lowest BCUT2D eigenvalue weighted by atomic mass is 10.0. The van der Waals surface area contributed by atoms with Gasteiger partial charge >= 0.3 is 0 Å². The van der Waals surface area contributed by atoms with Crippen molar-refractivity contribution in [2.24, 2.45) is 11.8 Å². The Labute approximate surface area is 57.1 Å². The average Bonchev–Trinajstić information content (AvgIpc) is 1.67. The molecule has 0 amide bonds. The fraction of sp³-hybridized carbons (Fsp3) is 1.00. The van der Waals surface area contributed by atoms with Gasteiger partial charge in [-0.1, -0.05) is 20.8 Å². The first kappa shape index (κ1) is 8.35. The van der Waals surface area contributed by atoms with Gasteiger partial charge in [0, 0.05) is 0 Å². The fourth-order valence-corrected chi connectivity index (χ4v) is 1.37. The summed E-state index contributed by atoms with van der Waals surface area (Å²) in [6.45, 7) is 6.86. The van der Waals surface area contributed by atoms with Crippen molar-refractivity contribution >= 4 is 11.8 Å². The minimum absolute atomic E-state index is 0.849. The van der Waals surface area contributed by atoms with Gasteiger partial charge in [-0.2, -0.15) is 11.8 Å². The summed E-state index contributed by atoms with van der Waals surface area (Å²) in [6.07, 6.45) is 2.17. The molecule has 0 aromatic heterocycles. The van der Waals surface area contributed by atoms with E-state index >= 15 is 0 Å². The summed E-state index contributed by atoms with van der Waals surface area (Å²) in [5.41, 5.74) is 0. The van der Waals surface area contributed by atoms with Gasteiger partial charge in [-0.3, -0.25) is 0 Å². The molecule has 0 rings (SSSR count). The summed E-state index contributed by atoms with van der Waals surface area (Å²) in [6, 6.07) is 0. The molecule has 0 aliphatic rings. The minimum atomic E-state index is 0.849. The topological polar surface area (TPSA) is 0 Å². The van der Waals surface area contributed by atoms with Crippen LogP contribution in [0.2, 0.25) is 0 Å². The Balaban J connectivity index is 3.17. The van der Waals surface area contributed by atoms with Crippen LogP contribution in [0.25, 0.3) is 0 Å². The van der Waals surface area contributed by atoms with Gasteiger partial charge in [-0.15, -0.1) is 0 Å². The van der Waals surface area contributed by atoms with Crippen molar-refractivity contribution in [3.63, 3.8) is 0 Å².